The van der Waals surface area contributed by atoms with Crippen LogP contribution in [0.4, 0.5) is 17.1 Å². The molecule has 0 bridgehead atoms. The quantitative estimate of drug-likeness (QED) is 0.172. The molecule has 3 nitrogen and oxygen atoms in total. The van der Waals surface area contributed by atoms with Gasteiger partial charge in [0.1, 0.15) is 11.2 Å². The zero-order chi connectivity index (χ0) is 36.3. The molecule has 9 aromatic carbocycles. The second kappa shape index (κ2) is 12.6. The van der Waals surface area contributed by atoms with Crippen LogP contribution in [0.2, 0.25) is 0 Å². The predicted molar refractivity (Wildman–Crippen MR) is 231 cm³/mol. The van der Waals surface area contributed by atoms with Crippen LogP contribution in [0.5, 0.6) is 0 Å². The summed E-state index contributed by atoms with van der Waals surface area (Å²) in [5.41, 5.74) is 13.0. The SMILES string of the molecule is c1ccc(-c2ccc(N(c3ccccc3)c3cc(-c4ccc5c6ccccc6n(-c6ccccc6)c5c4)c4c(c3)oc3ccc5ccccc5c34)cc2)cc1. The first kappa shape index (κ1) is 31.2. The van der Waals surface area contributed by atoms with Gasteiger partial charge in [-0.3, -0.25) is 0 Å². The summed E-state index contributed by atoms with van der Waals surface area (Å²) in [5.74, 6) is 0. The second-order valence-corrected chi connectivity index (χ2v) is 14.1. The third-order valence-corrected chi connectivity index (χ3v) is 11.0. The largest absolute Gasteiger partial charge is 0.456 e. The molecule has 0 aliphatic heterocycles. The van der Waals surface area contributed by atoms with E-state index in [0.29, 0.717) is 0 Å². The minimum atomic E-state index is 0.851. The van der Waals surface area contributed by atoms with Crippen molar-refractivity contribution in [2.75, 3.05) is 4.90 Å². The summed E-state index contributed by atoms with van der Waals surface area (Å²) in [5, 5.41) is 7.09. The molecular weight excluding hydrogens is 669 g/mol. The van der Waals surface area contributed by atoms with Crippen LogP contribution in [0.3, 0.4) is 0 Å². The summed E-state index contributed by atoms with van der Waals surface area (Å²) >= 11 is 0. The molecule has 0 aliphatic carbocycles. The van der Waals surface area contributed by atoms with E-state index in [1.165, 1.54) is 38.2 Å². The maximum Gasteiger partial charge on any atom is 0.138 e. The molecule has 0 atom stereocenters. The molecule has 2 aromatic heterocycles. The van der Waals surface area contributed by atoms with E-state index in [1.807, 2.05) is 0 Å². The van der Waals surface area contributed by atoms with Crippen molar-refractivity contribution in [3.05, 3.63) is 206 Å². The van der Waals surface area contributed by atoms with Crippen molar-refractivity contribution < 1.29 is 4.42 Å². The van der Waals surface area contributed by atoms with Crippen molar-refractivity contribution in [2.24, 2.45) is 0 Å². The third kappa shape index (κ3) is 5.13. The Hall–Kier alpha value is -7.36. The highest BCUT2D eigenvalue weighted by Crippen LogP contribution is 2.46. The minimum absolute atomic E-state index is 0.851. The molecule has 2 heterocycles. The van der Waals surface area contributed by atoms with Crippen molar-refractivity contribution >= 4 is 71.6 Å². The Morgan fingerprint density at radius 1 is 0.364 bits per heavy atom. The first-order valence-corrected chi connectivity index (χ1v) is 18.8. The minimum Gasteiger partial charge on any atom is -0.456 e. The standard InChI is InChI=1S/C52H34N2O/c1-4-14-35(15-5-1)36-24-28-41(29-25-36)53(39-17-6-2-7-18-39)42-33-46(52-50(34-42)55-49-31-27-37-16-10-11-21-43(37)51(49)52)38-26-30-45-44-22-12-13-23-47(44)54(48(45)32-38)40-19-8-3-9-20-40/h1-34H. The molecule has 0 unspecified atom stereocenters. The highest BCUT2D eigenvalue weighted by atomic mass is 16.3. The Balaban J connectivity index is 1.20. The lowest BCUT2D eigenvalue weighted by Gasteiger charge is -2.26. The molecule has 0 amide bonds. The molecule has 11 aromatic rings. The number of hydrogen-bond donors (Lipinski definition) is 0. The van der Waals surface area contributed by atoms with Crippen LogP contribution in [0.15, 0.2) is 211 Å². The summed E-state index contributed by atoms with van der Waals surface area (Å²) < 4.78 is 9.25. The highest BCUT2D eigenvalue weighted by Gasteiger charge is 2.22. The number of hydrogen-bond acceptors (Lipinski definition) is 2. The number of benzene rings is 9. The topological polar surface area (TPSA) is 21.3 Å². The van der Waals surface area contributed by atoms with Gasteiger partial charge in [0.25, 0.3) is 0 Å². The van der Waals surface area contributed by atoms with Gasteiger partial charge in [0.05, 0.1) is 16.7 Å². The maximum atomic E-state index is 6.86. The molecule has 0 N–H and O–H groups in total. The first-order valence-electron chi connectivity index (χ1n) is 18.8. The molecule has 0 fully saturated rings. The van der Waals surface area contributed by atoms with Crippen LogP contribution in [0, 0.1) is 0 Å². The average Bonchev–Trinajstić information content (AvgIpc) is 3.80. The fourth-order valence-corrected chi connectivity index (χ4v) is 8.46. The van der Waals surface area contributed by atoms with E-state index in [0.717, 1.165) is 61.3 Å². The summed E-state index contributed by atoms with van der Waals surface area (Å²) in [4.78, 5) is 2.34. The molecule has 258 valence electrons. The predicted octanol–water partition coefficient (Wildman–Crippen LogP) is 14.6. The van der Waals surface area contributed by atoms with Crippen molar-refractivity contribution in [2.45, 2.75) is 0 Å². The second-order valence-electron chi connectivity index (χ2n) is 14.1. The fraction of sp³-hybridized carbons (Fsp3) is 0. The number of para-hydroxylation sites is 3. The van der Waals surface area contributed by atoms with E-state index in [9.17, 15) is 0 Å². The van der Waals surface area contributed by atoms with Gasteiger partial charge in [0.2, 0.25) is 0 Å². The number of aromatic nitrogens is 1. The third-order valence-electron chi connectivity index (χ3n) is 11.0. The van der Waals surface area contributed by atoms with E-state index in [1.54, 1.807) is 0 Å². The zero-order valence-corrected chi connectivity index (χ0v) is 29.9. The van der Waals surface area contributed by atoms with Gasteiger partial charge in [0, 0.05) is 44.7 Å². The Labute approximate surface area is 318 Å². The van der Waals surface area contributed by atoms with E-state index < -0.39 is 0 Å². The molecule has 3 heteroatoms. The molecule has 0 aliphatic rings. The van der Waals surface area contributed by atoms with Crippen molar-refractivity contribution in [1.29, 1.82) is 0 Å². The van der Waals surface area contributed by atoms with Gasteiger partial charge in [-0.1, -0.05) is 140 Å². The molecule has 0 spiro atoms. The fourth-order valence-electron chi connectivity index (χ4n) is 8.46. The summed E-state index contributed by atoms with van der Waals surface area (Å²) in [6.45, 7) is 0. The normalized spacial score (nSPS) is 11.6. The van der Waals surface area contributed by atoms with E-state index >= 15 is 0 Å². The number of furan rings is 1. The molecule has 55 heavy (non-hydrogen) atoms. The van der Waals surface area contributed by atoms with Crippen LogP contribution in [0.25, 0.3) is 82.5 Å². The van der Waals surface area contributed by atoms with Crippen molar-refractivity contribution in [1.82, 2.24) is 4.57 Å². The van der Waals surface area contributed by atoms with Crippen LogP contribution in [-0.4, -0.2) is 4.57 Å². The van der Waals surface area contributed by atoms with E-state index in [4.69, 9.17) is 4.42 Å². The van der Waals surface area contributed by atoms with E-state index in [-0.39, 0.29) is 0 Å². The van der Waals surface area contributed by atoms with Crippen molar-refractivity contribution in [3.8, 4) is 27.9 Å². The summed E-state index contributed by atoms with van der Waals surface area (Å²) in [6.07, 6.45) is 0. The molecule has 0 saturated carbocycles. The Kier molecular flexibility index (Phi) is 7.17. The first-order chi connectivity index (χ1) is 27.3. The Morgan fingerprint density at radius 3 is 1.78 bits per heavy atom. The van der Waals surface area contributed by atoms with Crippen LogP contribution < -0.4 is 4.90 Å². The Morgan fingerprint density at radius 2 is 0.982 bits per heavy atom. The molecule has 0 radical (unpaired) electrons. The average molecular weight is 703 g/mol. The van der Waals surface area contributed by atoms with Gasteiger partial charge in [-0.2, -0.15) is 0 Å². The summed E-state index contributed by atoms with van der Waals surface area (Å²) in [6, 6.07) is 73.8. The number of anilines is 3. The number of fused-ring (bicyclic) bond motifs is 8. The van der Waals surface area contributed by atoms with Crippen LogP contribution >= 0.6 is 0 Å². The van der Waals surface area contributed by atoms with Crippen LogP contribution in [-0.2, 0) is 0 Å². The Bertz CT molecular complexity index is 3180. The number of rotatable bonds is 6. The number of nitrogens with zero attached hydrogens (tertiary/aromatic N) is 2. The van der Waals surface area contributed by atoms with E-state index in [2.05, 4.69) is 216 Å². The monoisotopic (exact) mass is 702 g/mol. The smallest absolute Gasteiger partial charge is 0.138 e. The highest BCUT2D eigenvalue weighted by molar-refractivity contribution is 6.24. The van der Waals surface area contributed by atoms with Gasteiger partial charge in [-0.15, -0.1) is 0 Å². The van der Waals surface area contributed by atoms with Gasteiger partial charge in [0.15, 0.2) is 0 Å². The zero-order valence-electron chi connectivity index (χ0n) is 29.9. The van der Waals surface area contributed by atoms with Gasteiger partial charge in [-0.25, -0.2) is 0 Å². The summed E-state index contributed by atoms with van der Waals surface area (Å²) in [7, 11) is 0. The lowest BCUT2D eigenvalue weighted by atomic mass is 9.95. The van der Waals surface area contributed by atoms with Crippen molar-refractivity contribution in [3.63, 3.8) is 0 Å². The maximum absolute atomic E-state index is 6.86. The lowest BCUT2D eigenvalue weighted by Crippen LogP contribution is -2.10. The molecule has 11 rings (SSSR count). The van der Waals surface area contributed by atoms with Crippen LogP contribution in [0.1, 0.15) is 0 Å². The molecular formula is C52H34N2O. The van der Waals surface area contributed by atoms with Gasteiger partial charge in [-0.05, 0) is 93.7 Å². The molecule has 0 saturated heterocycles. The lowest BCUT2D eigenvalue weighted by molar-refractivity contribution is 0.669. The van der Waals surface area contributed by atoms with Gasteiger partial charge < -0.3 is 13.9 Å². The van der Waals surface area contributed by atoms with Gasteiger partial charge >= 0.3 is 0 Å².